The number of hydrogen-bond donors (Lipinski definition) is 0. The van der Waals surface area contributed by atoms with Gasteiger partial charge < -0.3 is 4.74 Å². The van der Waals surface area contributed by atoms with E-state index < -0.39 is 0 Å². The molecule has 0 unspecified atom stereocenters. The van der Waals surface area contributed by atoms with Crippen LogP contribution in [0.4, 0.5) is 5.13 Å². The Morgan fingerprint density at radius 3 is 2.48 bits per heavy atom. The second-order valence-corrected chi connectivity index (χ2v) is 9.38. The topological polar surface area (TPSA) is 55.3 Å². The van der Waals surface area contributed by atoms with Gasteiger partial charge in [-0.2, -0.15) is 0 Å². The fourth-order valence-electron chi connectivity index (χ4n) is 3.29. The normalized spacial score (nSPS) is 11.5. The van der Waals surface area contributed by atoms with Gasteiger partial charge >= 0.3 is 0 Å². The molecular formula is C25H25N3O2S. The number of amides is 1. The van der Waals surface area contributed by atoms with E-state index in [0.29, 0.717) is 17.2 Å². The van der Waals surface area contributed by atoms with Crippen molar-refractivity contribution in [1.82, 2.24) is 9.97 Å². The summed E-state index contributed by atoms with van der Waals surface area (Å²) in [6, 6.07) is 19.3. The molecular weight excluding hydrogens is 406 g/mol. The minimum Gasteiger partial charge on any atom is -0.497 e. The first-order valence-electron chi connectivity index (χ1n) is 10.1. The second kappa shape index (κ2) is 8.47. The van der Waals surface area contributed by atoms with Gasteiger partial charge in [0.2, 0.25) is 0 Å². The zero-order valence-electron chi connectivity index (χ0n) is 18.1. The van der Waals surface area contributed by atoms with Crippen molar-refractivity contribution >= 4 is 32.6 Å². The summed E-state index contributed by atoms with van der Waals surface area (Å²) in [7, 11) is 1.63. The zero-order valence-corrected chi connectivity index (χ0v) is 18.9. The number of benzene rings is 2. The Bertz CT molecular complexity index is 1200. The van der Waals surface area contributed by atoms with E-state index in [-0.39, 0.29) is 11.3 Å². The number of hydrogen-bond acceptors (Lipinski definition) is 5. The van der Waals surface area contributed by atoms with Crippen molar-refractivity contribution in [2.75, 3.05) is 12.0 Å². The van der Waals surface area contributed by atoms with E-state index in [2.05, 4.69) is 25.8 Å². The summed E-state index contributed by atoms with van der Waals surface area (Å²) in [5, 5.41) is 0.638. The van der Waals surface area contributed by atoms with Gasteiger partial charge in [-0.15, -0.1) is 0 Å². The number of nitrogens with zero attached hydrogens (tertiary/aromatic N) is 3. The highest BCUT2D eigenvalue weighted by Gasteiger charge is 2.23. The van der Waals surface area contributed by atoms with E-state index in [4.69, 9.17) is 9.72 Å². The minimum atomic E-state index is -0.0999. The third-order valence-electron chi connectivity index (χ3n) is 5.10. The number of methoxy groups -OCH3 is 1. The smallest absolute Gasteiger partial charge is 0.260 e. The Balaban J connectivity index is 1.73. The number of thiazole rings is 1. The number of fused-ring (bicyclic) bond motifs is 1. The molecule has 2 heterocycles. The highest BCUT2D eigenvalue weighted by molar-refractivity contribution is 7.22. The van der Waals surface area contributed by atoms with Crippen molar-refractivity contribution in [3.8, 4) is 5.75 Å². The Hall–Kier alpha value is -3.25. The largest absolute Gasteiger partial charge is 0.497 e. The van der Waals surface area contributed by atoms with Crippen molar-refractivity contribution < 1.29 is 9.53 Å². The van der Waals surface area contributed by atoms with E-state index in [9.17, 15) is 4.79 Å². The van der Waals surface area contributed by atoms with Gasteiger partial charge in [0.25, 0.3) is 5.91 Å². The molecule has 31 heavy (non-hydrogen) atoms. The van der Waals surface area contributed by atoms with Crippen LogP contribution in [0.1, 0.15) is 42.4 Å². The predicted molar refractivity (Wildman–Crippen MR) is 126 cm³/mol. The van der Waals surface area contributed by atoms with Gasteiger partial charge in [-0.05, 0) is 47.4 Å². The highest BCUT2D eigenvalue weighted by Crippen LogP contribution is 2.33. The molecule has 0 spiro atoms. The molecule has 2 aromatic heterocycles. The van der Waals surface area contributed by atoms with Crippen LogP contribution in [0.2, 0.25) is 0 Å². The Morgan fingerprint density at radius 1 is 1.06 bits per heavy atom. The molecule has 0 saturated heterocycles. The molecule has 0 aliphatic carbocycles. The summed E-state index contributed by atoms with van der Waals surface area (Å²) in [5.74, 6) is 0.641. The quantitative estimate of drug-likeness (QED) is 0.398. The van der Waals surface area contributed by atoms with E-state index in [1.807, 2.05) is 60.7 Å². The standard InChI is InChI=1S/C25H25N3O2S/c1-25(2,3)18-10-8-17(9-11-18)23(29)28(16-19-7-5-6-14-26-19)24-27-21-15-20(30-4)12-13-22(21)31-24/h5-15H,16H2,1-4H3. The van der Waals surface area contributed by atoms with Crippen molar-refractivity contribution in [2.45, 2.75) is 32.7 Å². The minimum absolute atomic E-state index is 0.0291. The maximum atomic E-state index is 13.6. The molecule has 158 valence electrons. The lowest BCUT2D eigenvalue weighted by Gasteiger charge is -2.21. The van der Waals surface area contributed by atoms with Gasteiger partial charge in [-0.25, -0.2) is 4.98 Å². The van der Waals surface area contributed by atoms with E-state index >= 15 is 0 Å². The van der Waals surface area contributed by atoms with Gasteiger partial charge in [0.05, 0.1) is 29.6 Å². The van der Waals surface area contributed by atoms with Crippen LogP contribution < -0.4 is 9.64 Å². The van der Waals surface area contributed by atoms with Crippen molar-refractivity contribution in [2.24, 2.45) is 0 Å². The predicted octanol–water partition coefficient (Wildman–Crippen LogP) is 5.84. The fourth-order valence-corrected chi connectivity index (χ4v) is 4.23. The van der Waals surface area contributed by atoms with E-state index in [0.717, 1.165) is 21.7 Å². The molecule has 5 nitrogen and oxygen atoms in total. The van der Waals surface area contributed by atoms with E-state index in [1.54, 1.807) is 18.2 Å². The Labute approximate surface area is 186 Å². The number of rotatable bonds is 5. The molecule has 1 amide bonds. The molecule has 0 radical (unpaired) electrons. The lowest BCUT2D eigenvalue weighted by atomic mass is 9.86. The number of carbonyl (C=O) groups excluding carboxylic acids is 1. The van der Waals surface area contributed by atoms with E-state index in [1.165, 1.54) is 16.9 Å². The molecule has 0 atom stereocenters. The number of carbonyl (C=O) groups is 1. The first-order valence-corrected chi connectivity index (χ1v) is 10.9. The van der Waals surface area contributed by atoms with Gasteiger partial charge in [-0.3, -0.25) is 14.7 Å². The molecule has 4 aromatic rings. The lowest BCUT2D eigenvalue weighted by molar-refractivity contribution is 0.0984. The molecule has 4 rings (SSSR count). The maximum absolute atomic E-state index is 13.6. The number of anilines is 1. The van der Waals surface area contributed by atoms with Crippen LogP contribution in [0.3, 0.4) is 0 Å². The third-order valence-corrected chi connectivity index (χ3v) is 6.16. The molecule has 0 fully saturated rings. The van der Waals surface area contributed by atoms with Crippen molar-refractivity contribution in [1.29, 1.82) is 0 Å². The number of aromatic nitrogens is 2. The van der Waals surface area contributed by atoms with Gasteiger partial charge in [0.15, 0.2) is 5.13 Å². The van der Waals surface area contributed by atoms with Gasteiger partial charge in [0.1, 0.15) is 5.75 Å². The molecule has 0 saturated carbocycles. The molecule has 0 aliphatic rings. The SMILES string of the molecule is COc1ccc2sc(N(Cc3ccccn3)C(=O)c3ccc(C(C)(C)C)cc3)nc2c1. The summed E-state index contributed by atoms with van der Waals surface area (Å²) in [6.07, 6.45) is 1.74. The van der Waals surface area contributed by atoms with Gasteiger partial charge in [-0.1, -0.05) is 50.3 Å². The summed E-state index contributed by atoms with van der Waals surface area (Å²) in [4.78, 5) is 24.4. The van der Waals surface area contributed by atoms with Crippen LogP contribution in [-0.4, -0.2) is 23.0 Å². The molecule has 0 bridgehead atoms. The Kier molecular flexibility index (Phi) is 5.74. The zero-order chi connectivity index (χ0) is 22.0. The lowest BCUT2D eigenvalue weighted by Crippen LogP contribution is -2.30. The number of ether oxygens (including phenoxy) is 1. The first kappa shape index (κ1) is 21.0. The molecule has 0 N–H and O–H groups in total. The van der Waals surface area contributed by atoms with Crippen molar-refractivity contribution in [3.63, 3.8) is 0 Å². The van der Waals surface area contributed by atoms with Crippen LogP contribution in [0.25, 0.3) is 10.2 Å². The average Bonchev–Trinajstić information content (AvgIpc) is 3.20. The van der Waals surface area contributed by atoms with Crippen LogP contribution in [0, 0.1) is 0 Å². The summed E-state index contributed by atoms with van der Waals surface area (Å²) in [6.45, 7) is 6.82. The van der Waals surface area contributed by atoms with Crippen LogP contribution in [0.15, 0.2) is 66.9 Å². The molecule has 6 heteroatoms. The molecule has 0 aliphatic heterocycles. The maximum Gasteiger partial charge on any atom is 0.260 e. The monoisotopic (exact) mass is 431 g/mol. The summed E-state index contributed by atoms with van der Waals surface area (Å²) >= 11 is 1.48. The van der Waals surface area contributed by atoms with Crippen LogP contribution in [0.5, 0.6) is 5.75 Å². The number of pyridine rings is 1. The summed E-state index contributed by atoms with van der Waals surface area (Å²) in [5.41, 5.74) is 3.45. The average molecular weight is 432 g/mol. The molecule has 2 aromatic carbocycles. The van der Waals surface area contributed by atoms with Crippen molar-refractivity contribution in [3.05, 3.63) is 83.7 Å². The Morgan fingerprint density at radius 2 is 1.84 bits per heavy atom. The van der Waals surface area contributed by atoms with Crippen LogP contribution >= 0.6 is 11.3 Å². The summed E-state index contributed by atoms with van der Waals surface area (Å²) < 4.78 is 6.32. The second-order valence-electron chi connectivity index (χ2n) is 8.37. The highest BCUT2D eigenvalue weighted by atomic mass is 32.1. The first-order chi connectivity index (χ1) is 14.8. The third kappa shape index (κ3) is 4.59. The fraction of sp³-hybridized carbons (Fsp3) is 0.240. The van der Waals surface area contributed by atoms with Crippen LogP contribution in [-0.2, 0) is 12.0 Å². The van der Waals surface area contributed by atoms with Gasteiger partial charge in [0, 0.05) is 17.8 Å².